The van der Waals surface area contributed by atoms with E-state index in [-0.39, 0.29) is 0 Å². The zero-order valence-corrected chi connectivity index (χ0v) is 12.3. The Bertz CT molecular complexity index is 507. The van der Waals surface area contributed by atoms with Crippen LogP contribution in [0.3, 0.4) is 0 Å². The summed E-state index contributed by atoms with van der Waals surface area (Å²) < 4.78 is 2.10. The molecule has 1 N–H and O–H groups in total. The summed E-state index contributed by atoms with van der Waals surface area (Å²) in [5, 5.41) is 3.63. The first-order chi connectivity index (χ1) is 9.85. The van der Waals surface area contributed by atoms with Crippen LogP contribution >= 0.6 is 0 Å². The van der Waals surface area contributed by atoms with Crippen molar-refractivity contribution in [3.05, 3.63) is 36.3 Å². The average molecular weight is 272 g/mol. The fraction of sp³-hybridized carbons (Fsp3) is 0.562. The van der Waals surface area contributed by atoms with Crippen LogP contribution < -0.4 is 5.32 Å². The number of likely N-dealkylation sites (tertiary alicyclic amines) is 1. The standard InChI is InChI=1S/C16H24N4/c1-2-8-17-14-6-10-19(11-7-14)12-15-13-20-9-4-3-5-16(20)18-15/h3-5,9,13-14,17H,2,6-8,10-12H2,1H3. The molecule has 4 nitrogen and oxygen atoms in total. The summed E-state index contributed by atoms with van der Waals surface area (Å²) in [6, 6.07) is 6.86. The van der Waals surface area contributed by atoms with E-state index in [9.17, 15) is 0 Å². The minimum Gasteiger partial charge on any atom is -0.314 e. The van der Waals surface area contributed by atoms with Gasteiger partial charge in [0.2, 0.25) is 0 Å². The van der Waals surface area contributed by atoms with Crippen LogP contribution in [0.1, 0.15) is 31.9 Å². The molecular formula is C16H24N4. The second-order valence-electron chi connectivity index (χ2n) is 5.70. The number of imidazole rings is 1. The highest BCUT2D eigenvalue weighted by Gasteiger charge is 2.19. The van der Waals surface area contributed by atoms with Gasteiger partial charge in [0.15, 0.2) is 0 Å². The first-order valence-corrected chi connectivity index (χ1v) is 7.73. The first-order valence-electron chi connectivity index (χ1n) is 7.73. The van der Waals surface area contributed by atoms with E-state index >= 15 is 0 Å². The molecule has 3 rings (SSSR count). The van der Waals surface area contributed by atoms with Crippen molar-refractivity contribution in [2.45, 2.75) is 38.8 Å². The third-order valence-electron chi connectivity index (χ3n) is 4.07. The third kappa shape index (κ3) is 3.19. The minimum absolute atomic E-state index is 0.715. The minimum atomic E-state index is 0.715. The van der Waals surface area contributed by atoms with Gasteiger partial charge in [0.25, 0.3) is 0 Å². The zero-order valence-electron chi connectivity index (χ0n) is 12.3. The molecule has 0 atom stereocenters. The highest BCUT2D eigenvalue weighted by Crippen LogP contribution is 2.14. The molecule has 1 fully saturated rings. The van der Waals surface area contributed by atoms with Gasteiger partial charge in [-0.05, 0) is 37.9 Å². The lowest BCUT2D eigenvalue weighted by Crippen LogP contribution is -2.42. The van der Waals surface area contributed by atoms with Crippen molar-refractivity contribution < 1.29 is 0 Å². The number of hydrogen-bond acceptors (Lipinski definition) is 3. The van der Waals surface area contributed by atoms with Crippen LogP contribution in [-0.2, 0) is 6.54 Å². The molecule has 1 aliphatic heterocycles. The molecule has 0 bridgehead atoms. The van der Waals surface area contributed by atoms with Crippen molar-refractivity contribution >= 4 is 5.65 Å². The lowest BCUT2D eigenvalue weighted by molar-refractivity contribution is 0.189. The first kappa shape index (κ1) is 13.6. The van der Waals surface area contributed by atoms with E-state index in [4.69, 9.17) is 0 Å². The molecular weight excluding hydrogens is 248 g/mol. The van der Waals surface area contributed by atoms with E-state index < -0.39 is 0 Å². The molecule has 0 aromatic carbocycles. The van der Waals surface area contributed by atoms with Gasteiger partial charge in [0, 0.05) is 38.1 Å². The Kier molecular flexibility index (Phi) is 4.33. The van der Waals surface area contributed by atoms with Crippen molar-refractivity contribution in [2.24, 2.45) is 0 Å². The van der Waals surface area contributed by atoms with Gasteiger partial charge in [0.05, 0.1) is 5.69 Å². The Morgan fingerprint density at radius 2 is 2.15 bits per heavy atom. The van der Waals surface area contributed by atoms with Crippen LogP contribution in [0.4, 0.5) is 0 Å². The van der Waals surface area contributed by atoms with Crippen molar-refractivity contribution in [2.75, 3.05) is 19.6 Å². The highest BCUT2D eigenvalue weighted by molar-refractivity contribution is 5.39. The van der Waals surface area contributed by atoms with E-state index in [0.717, 1.165) is 18.7 Å². The lowest BCUT2D eigenvalue weighted by Gasteiger charge is -2.31. The van der Waals surface area contributed by atoms with Crippen LogP contribution in [0.25, 0.3) is 5.65 Å². The van der Waals surface area contributed by atoms with E-state index in [1.807, 2.05) is 12.1 Å². The number of pyridine rings is 1. The summed E-state index contributed by atoms with van der Waals surface area (Å²) in [6.45, 7) is 6.70. The number of fused-ring (bicyclic) bond motifs is 1. The Labute approximate surface area is 120 Å². The molecule has 2 aromatic rings. The fourth-order valence-corrected chi connectivity index (χ4v) is 2.94. The van der Waals surface area contributed by atoms with E-state index in [0.29, 0.717) is 6.04 Å². The number of nitrogens with zero attached hydrogens (tertiary/aromatic N) is 3. The van der Waals surface area contributed by atoms with Crippen molar-refractivity contribution in [1.29, 1.82) is 0 Å². The molecule has 20 heavy (non-hydrogen) atoms. The molecule has 2 aromatic heterocycles. The number of nitrogens with one attached hydrogen (secondary N) is 1. The molecule has 0 aliphatic carbocycles. The maximum absolute atomic E-state index is 4.68. The molecule has 1 aliphatic rings. The van der Waals surface area contributed by atoms with Gasteiger partial charge in [-0.15, -0.1) is 0 Å². The summed E-state index contributed by atoms with van der Waals surface area (Å²) in [4.78, 5) is 7.20. The monoisotopic (exact) mass is 272 g/mol. The van der Waals surface area contributed by atoms with Gasteiger partial charge in [0.1, 0.15) is 5.65 Å². The average Bonchev–Trinajstić information content (AvgIpc) is 2.89. The van der Waals surface area contributed by atoms with Gasteiger partial charge in [-0.1, -0.05) is 13.0 Å². The van der Waals surface area contributed by atoms with Gasteiger partial charge in [-0.2, -0.15) is 0 Å². The second-order valence-corrected chi connectivity index (χ2v) is 5.70. The van der Waals surface area contributed by atoms with Crippen LogP contribution in [0, 0.1) is 0 Å². The quantitative estimate of drug-likeness (QED) is 0.906. The SMILES string of the molecule is CCCNC1CCN(Cc2cn3ccccc3n2)CC1. The molecule has 0 amide bonds. The van der Waals surface area contributed by atoms with E-state index in [1.54, 1.807) is 0 Å². The van der Waals surface area contributed by atoms with E-state index in [2.05, 4.69) is 45.0 Å². The van der Waals surface area contributed by atoms with Gasteiger partial charge in [-0.25, -0.2) is 4.98 Å². The number of piperidine rings is 1. The fourth-order valence-electron chi connectivity index (χ4n) is 2.94. The smallest absolute Gasteiger partial charge is 0.137 e. The molecule has 0 spiro atoms. The van der Waals surface area contributed by atoms with Gasteiger partial charge in [-0.3, -0.25) is 4.90 Å². The summed E-state index contributed by atoms with van der Waals surface area (Å²) in [5.74, 6) is 0. The van der Waals surface area contributed by atoms with E-state index in [1.165, 1.54) is 38.0 Å². The molecule has 0 unspecified atom stereocenters. The Balaban J connectivity index is 1.54. The maximum atomic E-state index is 4.68. The van der Waals surface area contributed by atoms with Crippen molar-refractivity contribution in [3.8, 4) is 0 Å². The summed E-state index contributed by atoms with van der Waals surface area (Å²) in [7, 11) is 0. The van der Waals surface area contributed by atoms with Crippen LogP contribution in [0.5, 0.6) is 0 Å². The molecule has 4 heteroatoms. The van der Waals surface area contributed by atoms with Crippen LogP contribution in [0.15, 0.2) is 30.6 Å². The summed E-state index contributed by atoms with van der Waals surface area (Å²) in [6.07, 6.45) is 7.95. The lowest BCUT2D eigenvalue weighted by atomic mass is 10.0. The van der Waals surface area contributed by atoms with Gasteiger partial charge < -0.3 is 9.72 Å². The predicted octanol–water partition coefficient (Wildman–Crippen LogP) is 2.30. The Morgan fingerprint density at radius 1 is 1.30 bits per heavy atom. The Hall–Kier alpha value is -1.39. The third-order valence-corrected chi connectivity index (χ3v) is 4.07. The largest absolute Gasteiger partial charge is 0.314 e. The van der Waals surface area contributed by atoms with Crippen LogP contribution in [0.2, 0.25) is 0 Å². The predicted molar refractivity (Wildman–Crippen MR) is 81.8 cm³/mol. The number of rotatable bonds is 5. The molecule has 108 valence electrons. The number of hydrogen-bond donors (Lipinski definition) is 1. The van der Waals surface area contributed by atoms with Crippen LogP contribution in [-0.4, -0.2) is 40.0 Å². The molecule has 3 heterocycles. The zero-order chi connectivity index (χ0) is 13.8. The highest BCUT2D eigenvalue weighted by atomic mass is 15.2. The second kappa shape index (κ2) is 6.37. The molecule has 0 radical (unpaired) electrons. The van der Waals surface area contributed by atoms with Gasteiger partial charge >= 0.3 is 0 Å². The molecule has 1 saturated heterocycles. The summed E-state index contributed by atoms with van der Waals surface area (Å²) in [5.41, 5.74) is 2.22. The Morgan fingerprint density at radius 3 is 2.90 bits per heavy atom. The molecule has 0 saturated carbocycles. The maximum Gasteiger partial charge on any atom is 0.137 e. The van der Waals surface area contributed by atoms with Crippen molar-refractivity contribution in [1.82, 2.24) is 19.6 Å². The summed E-state index contributed by atoms with van der Waals surface area (Å²) >= 11 is 0. The van der Waals surface area contributed by atoms with Crippen molar-refractivity contribution in [3.63, 3.8) is 0 Å². The number of aromatic nitrogens is 2. The normalized spacial score (nSPS) is 17.9. The topological polar surface area (TPSA) is 32.6 Å².